The van der Waals surface area contributed by atoms with Gasteiger partial charge in [0.1, 0.15) is 0 Å². The number of nitriles is 1. The smallest absolute Gasteiger partial charge is 0.269 e. The van der Waals surface area contributed by atoms with E-state index >= 15 is 0 Å². The van der Waals surface area contributed by atoms with E-state index in [9.17, 15) is 14.9 Å². The molecule has 1 N–H and O–H groups in total. The van der Waals surface area contributed by atoms with Gasteiger partial charge in [0.15, 0.2) is 0 Å². The predicted octanol–water partition coefficient (Wildman–Crippen LogP) is 3.46. The number of carbonyl (C=O) groups excluding carboxylic acids is 1. The lowest BCUT2D eigenvalue weighted by Gasteiger charge is -2.61. The minimum absolute atomic E-state index is 0.0359. The maximum atomic E-state index is 13.0. The molecule has 2 unspecified atom stereocenters. The SMILES string of the molecule is N#CCCNC(=O)C12C[C@H]3C[C@@H](C1)CC(c1ccc([N+](=O)[O-])cc1)(C3)C2. The summed E-state index contributed by atoms with van der Waals surface area (Å²) < 4.78 is 0. The fourth-order valence-electron chi connectivity index (χ4n) is 6.22. The zero-order chi connectivity index (χ0) is 18.4. The fraction of sp³-hybridized carbons (Fsp3) is 0.600. The summed E-state index contributed by atoms with van der Waals surface area (Å²) in [5, 5.41) is 22.7. The molecule has 4 bridgehead atoms. The molecule has 0 radical (unpaired) electrons. The van der Waals surface area contributed by atoms with Crippen LogP contribution in [0.3, 0.4) is 0 Å². The minimum atomic E-state index is -0.367. The lowest BCUT2D eigenvalue weighted by molar-refractivity contribution is -0.384. The van der Waals surface area contributed by atoms with Crippen LogP contribution in [-0.4, -0.2) is 17.4 Å². The average Bonchev–Trinajstić information content (AvgIpc) is 2.61. The first-order valence-corrected chi connectivity index (χ1v) is 9.37. The highest BCUT2D eigenvalue weighted by atomic mass is 16.6. The van der Waals surface area contributed by atoms with Crippen LogP contribution in [0.5, 0.6) is 0 Å². The maximum absolute atomic E-state index is 13.0. The Labute approximate surface area is 152 Å². The van der Waals surface area contributed by atoms with Crippen LogP contribution < -0.4 is 5.32 Å². The Morgan fingerprint density at radius 3 is 2.46 bits per heavy atom. The van der Waals surface area contributed by atoms with Gasteiger partial charge >= 0.3 is 0 Å². The third kappa shape index (κ3) is 2.66. The van der Waals surface area contributed by atoms with Crippen molar-refractivity contribution in [3.05, 3.63) is 39.9 Å². The molecule has 5 rings (SSSR count). The van der Waals surface area contributed by atoms with Crippen LogP contribution in [0.4, 0.5) is 5.69 Å². The van der Waals surface area contributed by atoms with E-state index < -0.39 is 0 Å². The lowest BCUT2D eigenvalue weighted by atomic mass is 9.42. The Morgan fingerprint density at radius 2 is 1.88 bits per heavy atom. The van der Waals surface area contributed by atoms with Crippen LogP contribution >= 0.6 is 0 Å². The van der Waals surface area contributed by atoms with E-state index in [4.69, 9.17) is 5.26 Å². The van der Waals surface area contributed by atoms with Crippen LogP contribution in [-0.2, 0) is 10.2 Å². The Balaban J connectivity index is 1.63. The van der Waals surface area contributed by atoms with Crippen molar-refractivity contribution in [1.29, 1.82) is 5.26 Å². The molecule has 4 atom stereocenters. The molecular formula is C20H23N3O3. The third-order valence-corrected chi connectivity index (χ3v) is 6.76. The highest BCUT2D eigenvalue weighted by Crippen LogP contribution is 2.65. The number of nitrogens with one attached hydrogen (secondary N) is 1. The van der Waals surface area contributed by atoms with Crippen molar-refractivity contribution in [2.75, 3.05) is 6.54 Å². The summed E-state index contributed by atoms with van der Waals surface area (Å²) in [6, 6.07) is 9.05. The topological polar surface area (TPSA) is 96.0 Å². The Kier molecular flexibility index (Phi) is 3.98. The van der Waals surface area contributed by atoms with Gasteiger partial charge in [-0.15, -0.1) is 0 Å². The summed E-state index contributed by atoms with van der Waals surface area (Å²) in [4.78, 5) is 23.6. The molecule has 4 fully saturated rings. The van der Waals surface area contributed by atoms with Crippen LogP contribution in [0.25, 0.3) is 0 Å². The molecule has 1 aromatic carbocycles. The van der Waals surface area contributed by atoms with E-state index in [0.29, 0.717) is 24.8 Å². The Morgan fingerprint density at radius 1 is 1.23 bits per heavy atom. The number of nitro benzene ring substituents is 1. The first-order valence-electron chi connectivity index (χ1n) is 9.37. The van der Waals surface area contributed by atoms with Gasteiger partial charge in [-0.25, -0.2) is 0 Å². The second-order valence-electron chi connectivity index (χ2n) is 8.49. The van der Waals surface area contributed by atoms with E-state index in [1.807, 2.05) is 12.1 Å². The van der Waals surface area contributed by atoms with Gasteiger partial charge in [-0.3, -0.25) is 14.9 Å². The summed E-state index contributed by atoms with van der Waals surface area (Å²) in [7, 11) is 0. The number of nitrogens with zero attached hydrogens (tertiary/aromatic N) is 2. The number of hydrogen-bond acceptors (Lipinski definition) is 4. The largest absolute Gasteiger partial charge is 0.355 e. The molecule has 4 aliphatic rings. The van der Waals surface area contributed by atoms with E-state index in [1.54, 1.807) is 12.1 Å². The minimum Gasteiger partial charge on any atom is -0.355 e. The third-order valence-electron chi connectivity index (χ3n) is 6.76. The molecule has 4 aliphatic carbocycles. The lowest BCUT2D eigenvalue weighted by Crippen LogP contribution is -2.59. The van der Waals surface area contributed by atoms with Crippen LogP contribution in [0.1, 0.15) is 50.5 Å². The summed E-state index contributed by atoms with van der Waals surface area (Å²) in [5.74, 6) is 1.20. The summed E-state index contributed by atoms with van der Waals surface area (Å²) in [6.07, 6.45) is 6.39. The van der Waals surface area contributed by atoms with Crippen molar-refractivity contribution in [3.63, 3.8) is 0 Å². The van der Waals surface area contributed by atoms with Crippen molar-refractivity contribution >= 4 is 11.6 Å². The number of carbonyl (C=O) groups is 1. The standard InChI is InChI=1S/C20H23N3O3/c21-6-1-7-22-18(24)20-11-14-8-15(12-20)10-19(9-14,13-20)16-2-4-17(5-3-16)23(25)26/h2-5,14-15H,1,7-13H2,(H,22,24)/t14-,15+,19?,20?. The number of hydrogen-bond donors (Lipinski definition) is 1. The summed E-state index contributed by atoms with van der Waals surface area (Å²) in [5.41, 5.74) is 0.890. The normalized spacial score (nSPS) is 34.3. The van der Waals surface area contributed by atoms with Crippen molar-refractivity contribution < 1.29 is 9.72 Å². The van der Waals surface area contributed by atoms with E-state index in [1.165, 1.54) is 6.42 Å². The number of benzene rings is 1. The Bertz CT molecular complexity index is 766. The van der Waals surface area contributed by atoms with E-state index in [0.717, 1.165) is 37.7 Å². The van der Waals surface area contributed by atoms with Crippen molar-refractivity contribution in [3.8, 4) is 6.07 Å². The van der Waals surface area contributed by atoms with Gasteiger partial charge in [0.05, 0.1) is 22.8 Å². The second-order valence-corrected chi connectivity index (χ2v) is 8.49. The molecule has 0 spiro atoms. The van der Waals surface area contributed by atoms with Crippen molar-refractivity contribution in [1.82, 2.24) is 5.32 Å². The second kappa shape index (κ2) is 6.08. The molecule has 6 nitrogen and oxygen atoms in total. The number of rotatable bonds is 5. The molecule has 6 heteroatoms. The fourth-order valence-corrected chi connectivity index (χ4v) is 6.22. The van der Waals surface area contributed by atoms with Gasteiger partial charge in [-0.2, -0.15) is 5.26 Å². The van der Waals surface area contributed by atoms with Crippen LogP contribution in [0, 0.1) is 38.7 Å². The first-order chi connectivity index (χ1) is 12.5. The predicted molar refractivity (Wildman–Crippen MR) is 95.1 cm³/mol. The molecule has 1 aromatic rings. The van der Waals surface area contributed by atoms with Gasteiger partial charge in [0, 0.05) is 18.7 Å². The van der Waals surface area contributed by atoms with Crippen molar-refractivity contribution in [2.24, 2.45) is 17.3 Å². The van der Waals surface area contributed by atoms with Gasteiger partial charge in [-0.1, -0.05) is 12.1 Å². The number of non-ortho nitro benzene ring substituents is 1. The number of amides is 1. The zero-order valence-corrected chi connectivity index (χ0v) is 14.7. The maximum Gasteiger partial charge on any atom is 0.269 e. The molecule has 0 aliphatic heterocycles. The quantitative estimate of drug-likeness (QED) is 0.498. The van der Waals surface area contributed by atoms with Crippen LogP contribution in [0.15, 0.2) is 24.3 Å². The van der Waals surface area contributed by atoms with E-state index in [-0.39, 0.29) is 27.3 Å². The molecular weight excluding hydrogens is 330 g/mol. The highest BCUT2D eigenvalue weighted by Gasteiger charge is 2.60. The zero-order valence-electron chi connectivity index (χ0n) is 14.7. The highest BCUT2D eigenvalue weighted by molar-refractivity contribution is 5.83. The van der Waals surface area contributed by atoms with Gasteiger partial charge < -0.3 is 5.32 Å². The van der Waals surface area contributed by atoms with Gasteiger partial charge in [-0.05, 0) is 61.3 Å². The Hall–Kier alpha value is -2.42. The van der Waals surface area contributed by atoms with Gasteiger partial charge in [0.25, 0.3) is 5.69 Å². The molecule has 0 aromatic heterocycles. The molecule has 1 amide bonds. The van der Waals surface area contributed by atoms with Crippen LogP contribution in [0.2, 0.25) is 0 Å². The molecule has 0 saturated heterocycles. The number of nitro groups is 1. The van der Waals surface area contributed by atoms with Gasteiger partial charge in [0.2, 0.25) is 5.91 Å². The van der Waals surface area contributed by atoms with Crippen molar-refractivity contribution in [2.45, 2.75) is 50.4 Å². The summed E-state index contributed by atoms with van der Waals surface area (Å²) in [6.45, 7) is 0.414. The average molecular weight is 353 g/mol. The molecule has 136 valence electrons. The van der Waals surface area contributed by atoms with E-state index in [2.05, 4.69) is 11.4 Å². The molecule has 0 heterocycles. The summed E-state index contributed by atoms with van der Waals surface area (Å²) >= 11 is 0. The first kappa shape index (κ1) is 17.0. The molecule has 4 saturated carbocycles. The molecule has 26 heavy (non-hydrogen) atoms. The monoisotopic (exact) mass is 353 g/mol.